The summed E-state index contributed by atoms with van der Waals surface area (Å²) < 4.78 is 38.7. The van der Waals surface area contributed by atoms with Gasteiger partial charge in [0.15, 0.2) is 0 Å². The number of aliphatic hydroxyl groups is 1. The van der Waals surface area contributed by atoms with Crippen molar-refractivity contribution in [2.45, 2.75) is 44.4 Å². The van der Waals surface area contributed by atoms with E-state index in [0.717, 1.165) is 29.0 Å². The fourth-order valence-electron chi connectivity index (χ4n) is 3.77. The van der Waals surface area contributed by atoms with Gasteiger partial charge in [0.05, 0.1) is 5.69 Å². The third kappa shape index (κ3) is 4.77. The molecule has 0 spiro atoms. The Balaban J connectivity index is 1.57. The van der Waals surface area contributed by atoms with Crippen LogP contribution < -0.4 is 5.32 Å². The zero-order valence-electron chi connectivity index (χ0n) is 17.3. The summed E-state index contributed by atoms with van der Waals surface area (Å²) in [5.74, 6) is -0.00486. The van der Waals surface area contributed by atoms with E-state index in [2.05, 4.69) is 20.3 Å². The number of aromatic nitrogens is 3. The first-order chi connectivity index (χ1) is 15.1. The van der Waals surface area contributed by atoms with Crippen molar-refractivity contribution in [3.8, 4) is 11.1 Å². The minimum atomic E-state index is -4.56. The minimum absolute atomic E-state index is 0.149. The van der Waals surface area contributed by atoms with Crippen LogP contribution in [0.1, 0.15) is 42.6 Å². The molecule has 0 radical (unpaired) electrons. The van der Waals surface area contributed by atoms with Gasteiger partial charge in [-0.1, -0.05) is 12.1 Å². The maximum atomic E-state index is 12.9. The second-order valence-electron chi connectivity index (χ2n) is 7.98. The lowest BCUT2D eigenvalue weighted by Crippen LogP contribution is -2.32. The van der Waals surface area contributed by atoms with Crippen LogP contribution in [0.15, 0.2) is 48.8 Å². The van der Waals surface area contributed by atoms with E-state index in [1.165, 1.54) is 0 Å². The van der Waals surface area contributed by atoms with E-state index in [0.29, 0.717) is 37.1 Å². The summed E-state index contributed by atoms with van der Waals surface area (Å²) in [4.78, 5) is 23.3. The molecule has 0 unspecified atom stereocenters. The van der Waals surface area contributed by atoms with Gasteiger partial charge in [0.25, 0.3) is 0 Å². The summed E-state index contributed by atoms with van der Waals surface area (Å²) in [6.07, 6.45) is -0.472. The van der Waals surface area contributed by atoms with E-state index < -0.39 is 17.5 Å². The maximum Gasteiger partial charge on any atom is 0.433 e. The van der Waals surface area contributed by atoms with Gasteiger partial charge in [0.1, 0.15) is 17.1 Å². The Bertz CT molecular complexity index is 1140. The number of Topliss-reactive ketones (excluding diaryl/α,β-unsaturated/α-hetero) is 1. The molecule has 3 aromatic rings. The topological polar surface area (TPSA) is 88.0 Å². The van der Waals surface area contributed by atoms with Crippen molar-refractivity contribution in [1.82, 2.24) is 15.0 Å². The van der Waals surface area contributed by atoms with Gasteiger partial charge in [-0.2, -0.15) is 13.2 Å². The van der Waals surface area contributed by atoms with Gasteiger partial charge in [-0.25, -0.2) is 9.97 Å². The first-order valence-electron chi connectivity index (χ1n) is 10.1. The van der Waals surface area contributed by atoms with Gasteiger partial charge >= 0.3 is 6.18 Å². The fourth-order valence-corrected chi connectivity index (χ4v) is 3.77. The highest BCUT2D eigenvalue weighted by Crippen LogP contribution is 2.35. The largest absolute Gasteiger partial charge is 0.433 e. The lowest BCUT2D eigenvalue weighted by Gasteiger charge is -2.30. The van der Waals surface area contributed by atoms with Crippen molar-refractivity contribution in [1.29, 1.82) is 0 Å². The summed E-state index contributed by atoms with van der Waals surface area (Å²) in [6.45, 7) is 1.87. The molecule has 0 amide bonds. The minimum Gasteiger partial charge on any atom is -0.384 e. The Hall–Kier alpha value is -3.33. The number of pyridine rings is 1. The molecule has 4 rings (SSSR count). The van der Waals surface area contributed by atoms with E-state index in [9.17, 15) is 23.1 Å². The fraction of sp³-hybridized carbons (Fsp3) is 0.304. The molecule has 6 nitrogen and oxygen atoms in total. The normalized spacial score (nSPS) is 16.1. The lowest BCUT2D eigenvalue weighted by atomic mass is 9.81. The number of alkyl halides is 3. The highest BCUT2D eigenvalue weighted by molar-refractivity contribution is 5.79. The number of aryl methyl sites for hydroxylation is 1. The second-order valence-corrected chi connectivity index (χ2v) is 7.98. The third-order valence-electron chi connectivity index (χ3n) is 5.49. The van der Waals surface area contributed by atoms with Crippen LogP contribution in [0.25, 0.3) is 11.1 Å². The molecular weight excluding hydrogens is 421 g/mol. The molecule has 0 saturated heterocycles. The number of ketones is 1. The van der Waals surface area contributed by atoms with Crippen LogP contribution in [-0.2, 0) is 16.6 Å². The van der Waals surface area contributed by atoms with Crippen molar-refractivity contribution in [3.63, 3.8) is 0 Å². The van der Waals surface area contributed by atoms with Crippen molar-refractivity contribution in [3.05, 3.63) is 65.7 Å². The molecule has 2 heterocycles. The summed E-state index contributed by atoms with van der Waals surface area (Å²) in [5.41, 5.74) is 1.39. The number of hydrogen-bond acceptors (Lipinski definition) is 6. The van der Waals surface area contributed by atoms with Crippen molar-refractivity contribution < 1.29 is 23.1 Å². The zero-order chi connectivity index (χ0) is 22.9. The Morgan fingerprint density at radius 1 is 1.03 bits per heavy atom. The molecule has 166 valence electrons. The van der Waals surface area contributed by atoms with Crippen LogP contribution in [0, 0.1) is 6.92 Å². The van der Waals surface area contributed by atoms with Gasteiger partial charge in [-0.05, 0) is 55.2 Å². The number of rotatable bonds is 4. The molecule has 2 N–H and O–H groups in total. The standard InChI is InChI=1S/C23H21F3N4O2/c1-14-10-16(12-17(11-14)29-21-27-9-6-20(30-21)23(24,25)26)15-2-3-19(28-13-15)22(32)7-4-18(31)5-8-22/h2-3,6,9-13,32H,4-5,7-8H2,1H3,(H,27,29,30). The molecule has 0 bridgehead atoms. The first kappa shape index (κ1) is 21.9. The highest BCUT2D eigenvalue weighted by atomic mass is 19.4. The van der Waals surface area contributed by atoms with E-state index in [-0.39, 0.29) is 11.7 Å². The van der Waals surface area contributed by atoms with Crippen molar-refractivity contribution >= 4 is 17.4 Å². The Morgan fingerprint density at radius 2 is 1.78 bits per heavy atom. The number of carbonyl (C=O) groups excluding carboxylic acids is 1. The van der Waals surface area contributed by atoms with Crippen LogP contribution in [0.2, 0.25) is 0 Å². The van der Waals surface area contributed by atoms with E-state index >= 15 is 0 Å². The molecule has 1 saturated carbocycles. The predicted octanol–water partition coefficient (Wildman–Crippen LogP) is 4.94. The van der Waals surface area contributed by atoms with Crippen LogP contribution >= 0.6 is 0 Å². The van der Waals surface area contributed by atoms with E-state index in [1.807, 2.05) is 19.1 Å². The monoisotopic (exact) mass is 442 g/mol. The Kier molecular flexibility index (Phi) is 5.68. The number of nitrogens with one attached hydrogen (secondary N) is 1. The predicted molar refractivity (Wildman–Crippen MR) is 112 cm³/mol. The van der Waals surface area contributed by atoms with Gasteiger partial charge in [0.2, 0.25) is 5.95 Å². The van der Waals surface area contributed by atoms with Crippen LogP contribution in [-0.4, -0.2) is 25.8 Å². The molecule has 0 atom stereocenters. The van der Waals surface area contributed by atoms with E-state index in [1.54, 1.807) is 24.4 Å². The molecule has 32 heavy (non-hydrogen) atoms. The molecule has 1 aromatic carbocycles. The lowest BCUT2D eigenvalue weighted by molar-refractivity contribution is -0.141. The third-order valence-corrected chi connectivity index (χ3v) is 5.49. The molecule has 1 aliphatic rings. The molecule has 1 aliphatic carbocycles. The smallest absolute Gasteiger partial charge is 0.384 e. The second kappa shape index (κ2) is 8.31. The molecule has 0 aliphatic heterocycles. The summed E-state index contributed by atoms with van der Waals surface area (Å²) in [7, 11) is 0. The Morgan fingerprint density at radius 3 is 2.44 bits per heavy atom. The maximum absolute atomic E-state index is 12.9. The Labute approximate surface area is 182 Å². The average molecular weight is 442 g/mol. The van der Waals surface area contributed by atoms with Crippen LogP contribution in [0.4, 0.5) is 24.8 Å². The molecule has 9 heteroatoms. The number of benzene rings is 1. The SMILES string of the molecule is Cc1cc(Nc2nccc(C(F)(F)F)n2)cc(-c2ccc(C3(O)CCC(=O)CC3)nc2)c1. The number of carbonyl (C=O) groups is 1. The number of anilines is 2. The van der Waals surface area contributed by atoms with Gasteiger partial charge in [0, 0.05) is 36.5 Å². The number of halogens is 3. The summed E-state index contributed by atoms with van der Waals surface area (Å²) >= 11 is 0. The highest BCUT2D eigenvalue weighted by Gasteiger charge is 2.35. The quantitative estimate of drug-likeness (QED) is 0.595. The van der Waals surface area contributed by atoms with Gasteiger partial charge in [-0.3, -0.25) is 9.78 Å². The van der Waals surface area contributed by atoms with Crippen LogP contribution in [0.5, 0.6) is 0 Å². The average Bonchev–Trinajstić information content (AvgIpc) is 2.75. The van der Waals surface area contributed by atoms with Gasteiger partial charge < -0.3 is 10.4 Å². The van der Waals surface area contributed by atoms with E-state index in [4.69, 9.17) is 0 Å². The van der Waals surface area contributed by atoms with Gasteiger partial charge in [-0.15, -0.1) is 0 Å². The molecule has 1 fully saturated rings. The summed E-state index contributed by atoms with van der Waals surface area (Å²) in [5, 5.41) is 13.7. The zero-order valence-corrected chi connectivity index (χ0v) is 17.3. The summed E-state index contributed by atoms with van der Waals surface area (Å²) in [6, 6.07) is 9.85. The molecular formula is C23H21F3N4O2. The first-order valence-corrected chi connectivity index (χ1v) is 10.1. The van der Waals surface area contributed by atoms with Crippen LogP contribution in [0.3, 0.4) is 0 Å². The number of nitrogens with zero attached hydrogens (tertiary/aromatic N) is 3. The van der Waals surface area contributed by atoms with Crippen molar-refractivity contribution in [2.24, 2.45) is 0 Å². The van der Waals surface area contributed by atoms with Crippen molar-refractivity contribution in [2.75, 3.05) is 5.32 Å². The molecule has 2 aromatic heterocycles. The number of hydrogen-bond donors (Lipinski definition) is 2.